The average Bonchev–Trinajstić information content (AvgIpc) is 3.77. The summed E-state index contributed by atoms with van der Waals surface area (Å²) in [5.41, 5.74) is 14.0. The third-order valence-electron chi connectivity index (χ3n) is 11.1. The highest BCUT2D eigenvalue weighted by molar-refractivity contribution is 7.99. The molecule has 3 aromatic heterocycles. The lowest BCUT2D eigenvalue weighted by Gasteiger charge is -2.22. The van der Waals surface area contributed by atoms with E-state index in [1.54, 1.807) is 0 Å². The molecule has 4 nitrogen and oxygen atoms in total. The van der Waals surface area contributed by atoms with E-state index in [0.29, 0.717) is 0 Å². The third kappa shape index (κ3) is 4.60. The van der Waals surface area contributed by atoms with E-state index < -0.39 is 0 Å². The number of hydrogen-bond donors (Lipinski definition) is 0. The van der Waals surface area contributed by atoms with E-state index in [9.17, 15) is 0 Å². The van der Waals surface area contributed by atoms with Gasteiger partial charge < -0.3 is 0 Å². The minimum Gasteiger partial charge on any atom is -0.295 e. The lowest BCUT2D eigenvalue weighted by atomic mass is 9.98. The molecule has 0 N–H and O–H groups in total. The van der Waals surface area contributed by atoms with Crippen LogP contribution in [0.2, 0.25) is 0 Å². The molecule has 5 heteroatoms. The molecule has 1 aliphatic heterocycles. The van der Waals surface area contributed by atoms with Gasteiger partial charge in [0.2, 0.25) is 0 Å². The fourth-order valence-corrected chi connectivity index (χ4v) is 9.69. The molecule has 0 saturated carbocycles. The molecule has 55 heavy (non-hydrogen) atoms. The Bertz CT molecular complexity index is 3340. The van der Waals surface area contributed by atoms with E-state index in [1.807, 2.05) is 36.0 Å². The van der Waals surface area contributed by atoms with Crippen molar-refractivity contribution in [2.45, 2.75) is 9.79 Å². The van der Waals surface area contributed by atoms with Gasteiger partial charge in [-0.3, -0.25) is 9.13 Å². The first-order valence-electron chi connectivity index (χ1n) is 18.6. The van der Waals surface area contributed by atoms with Crippen molar-refractivity contribution >= 4 is 66.4 Å². The Kier molecular flexibility index (Phi) is 6.53. The van der Waals surface area contributed by atoms with Crippen molar-refractivity contribution in [2.75, 3.05) is 0 Å². The zero-order valence-corrected chi connectivity index (χ0v) is 30.3. The van der Waals surface area contributed by atoms with Crippen molar-refractivity contribution in [3.8, 4) is 45.0 Å². The highest BCUT2D eigenvalue weighted by Crippen LogP contribution is 2.50. The molecular formula is C50H30N4S. The second kappa shape index (κ2) is 11.8. The molecule has 12 rings (SSSR count). The lowest BCUT2D eigenvalue weighted by Crippen LogP contribution is -2.05. The molecule has 0 aliphatic carbocycles. The number of nitrogens with zero attached hydrogens (tertiary/aromatic N) is 4. The monoisotopic (exact) mass is 718 g/mol. The zero-order chi connectivity index (χ0) is 36.0. The van der Waals surface area contributed by atoms with Crippen LogP contribution < -0.4 is 0 Å². The molecule has 4 heterocycles. The van der Waals surface area contributed by atoms with Crippen LogP contribution in [0.5, 0.6) is 0 Å². The van der Waals surface area contributed by atoms with Crippen LogP contribution in [0.3, 0.4) is 0 Å². The summed E-state index contributed by atoms with van der Waals surface area (Å²) < 4.78 is 4.93. The van der Waals surface area contributed by atoms with Crippen molar-refractivity contribution in [2.24, 2.45) is 0 Å². The summed E-state index contributed by atoms with van der Waals surface area (Å²) in [5.74, 6) is 0. The average molecular weight is 719 g/mol. The van der Waals surface area contributed by atoms with Crippen molar-refractivity contribution in [3.05, 3.63) is 182 Å². The van der Waals surface area contributed by atoms with Crippen LogP contribution in [-0.4, -0.2) is 19.1 Å². The second-order valence-electron chi connectivity index (χ2n) is 14.2. The van der Waals surface area contributed by atoms with E-state index in [-0.39, 0.29) is 0 Å². The number of hydrogen-bond acceptors (Lipinski definition) is 3. The van der Waals surface area contributed by atoms with Crippen molar-refractivity contribution in [1.29, 1.82) is 0 Å². The number of para-hydroxylation sites is 5. The Morgan fingerprint density at radius 2 is 1.07 bits per heavy atom. The predicted molar refractivity (Wildman–Crippen MR) is 229 cm³/mol. The Balaban J connectivity index is 0.993. The number of aromatic nitrogens is 4. The molecule has 1 aliphatic rings. The van der Waals surface area contributed by atoms with Crippen LogP contribution in [0.15, 0.2) is 192 Å². The molecule has 0 radical (unpaired) electrons. The summed E-state index contributed by atoms with van der Waals surface area (Å²) in [6.07, 6.45) is 0. The summed E-state index contributed by atoms with van der Waals surface area (Å²) in [6.45, 7) is 0. The maximum Gasteiger partial charge on any atom is 0.131 e. The third-order valence-corrected chi connectivity index (χ3v) is 12.2. The van der Waals surface area contributed by atoms with Gasteiger partial charge in [0.15, 0.2) is 0 Å². The van der Waals surface area contributed by atoms with Gasteiger partial charge in [0, 0.05) is 42.8 Å². The maximum absolute atomic E-state index is 5.20. The highest BCUT2D eigenvalue weighted by atomic mass is 32.2. The van der Waals surface area contributed by atoms with E-state index >= 15 is 0 Å². The van der Waals surface area contributed by atoms with Crippen molar-refractivity contribution in [3.63, 3.8) is 0 Å². The maximum atomic E-state index is 5.20. The van der Waals surface area contributed by atoms with E-state index in [1.165, 1.54) is 64.7 Å². The fraction of sp³-hybridized carbons (Fsp3) is 0. The topological polar surface area (TPSA) is 35.6 Å². The van der Waals surface area contributed by atoms with Gasteiger partial charge in [0.1, 0.15) is 5.65 Å². The number of benzene rings is 8. The normalized spacial score (nSPS) is 12.3. The van der Waals surface area contributed by atoms with Gasteiger partial charge >= 0.3 is 0 Å². The molecule has 256 valence electrons. The van der Waals surface area contributed by atoms with Crippen molar-refractivity contribution < 1.29 is 0 Å². The smallest absolute Gasteiger partial charge is 0.131 e. The molecule has 0 atom stereocenters. The molecular weight excluding hydrogens is 689 g/mol. The summed E-state index contributed by atoms with van der Waals surface area (Å²) in [7, 11) is 0. The van der Waals surface area contributed by atoms with Crippen LogP contribution in [-0.2, 0) is 0 Å². The first-order chi connectivity index (χ1) is 27.3. The number of rotatable bonds is 4. The molecule has 0 amide bonds. The summed E-state index contributed by atoms with van der Waals surface area (Å²) in [6, 6.07) is 65.2. The quantitative estimate of drug-likeness (QED) is 0.182. The molecule has 0 unspecified atom stereocenters. The Hall–Kier alpha value is -6.95. The van der Waals surface area contributed by atoms with Gasteiger partial charge in [-0.2, -0.15) is 0 Å². The second-order valence-corrected chi connectivity index (χ2v) is 15.3. The lowest BCUT2D eigenvalue weighted by molar-refractivity contribution is 1.03. The van der Waals surface area contributed by atoms with Gasteiger partial charge in [-0.25, -0.2) is 9.97 Å². The van der Waals surface area contributed by atoms with E-state index in [2.05, 4.69) is 167 Å². The van der Waals surface area contributed by atoms with Crippen LogP contribution in [0.4, 0.5) is 0 Å². The fourth-order valence-electron chi connectivity index (χ4n) is 8.56. The highest BCUT2D eigenvalue weighted by Gasteiger charge is 2.28. The molecule has 0 spiro atoms. The Morgan fingerprint density at radius 1 is 0.418 bits per heavy atom. The minimum atomic E-state index is 0.882. The SMILES string of the molecule is c1ccc(-n2c3ccccc3c3c4cccc5c4n(c32)-c2ccc(-c3ccc(-c4nc6ccccc6nc4-c4ccc6ccccc6c4)cc3)cc2S5)cc1. The summed E-state index contributed by atoms with van der Waals surface area (Å²) >= 11 is 1.86. The largest absolute Gasteiger partial charge is 0.295 e. The van der Waals surface area contributed by atoms with Gasteiger partial charge in [0.25, 0.3) is 0 Å². The number of fused-ring (bicyclic) bond motifs is 9. The molecule has 0 fully saturated rings. The molecule has 8 aromatic carbocycles. The van der Waals surface area contributed by atoms with E-state index in [4.69, 9.17) is 9.97 Å². The summed E-state index contributed by atoms with van der Waals surface area (Å²) in [5, 5.41) is 6.25. The first-order valence-corrected chi connectivity index (χ1v) is 19.4. The predicted octanol–water partition coefficient (Wildman–Crippen LogP) is 13.3. The van der Waals surface area contributed by atoms with Gasteiger partial charge in [-0.15, -0.1) is 0 Å². The molecule has 0 saturated heterocycles. The van der Waals surface area contributed by atoms with Gasteiger partial charge in [-0.1, -0.05) is 139 Å². The van der Waals surface area contributed by atoms with Gasteiger partial charge in [0.05, 0.1) is 39.1 Å². The molecule has 11 aromatic rings. The molecule has 0 bridgehead atoms. The Labute approximate surface area is 321 Å². The van der Waals surface area contributed by atoms with Crippen LogP contribution in [0.25, 0.3) is 99.7 Å². The van der Waals surface area contributed by atoms with Crippen molar-refractivity contribution in [1.82, 2.24) is 19.1 Å². The standard InChI is InChI=1S/C50H30N4S/c1-2-13-37(14-3-1)53-42-19-9-6-15-38(42)46-39-16-10-20-44-49(39)54(50(46)53)43-28-27-35(30-45(43)55-44)32-21-24-33(25-22-32)47-48(52-41-18-8-7-17-40(41)51-47)36-26-23-31-11-4-5-12-34(31)29-36/h1-30H. The Morgan fingerprint density at radius 3 is 1.91 bits per heavy atom. The van der Waals surface area contributed by atoms with Gasteiger partial charge in [-0.05, 0) is 76.5 Å². The summed E-state index contributed by atoms with van der Waals surface area (Å²) in [4.78, 5) is 12.9. The van der Waals surface area contributed by atoms with Crippen LogP contribution in [0, 0.1) is 0 Å². The van der Waals surface area contributed by atoms with E-state index in [0.717, 1.165) is 44.8 Å². The first kappa shape index (κ1) is 30.5. The van der Waals surface area contributed by atoms with Crippen LogP contribution in [0.1, 0.15) is 0 Å². The van der Waals surface area contributed by atoms with Crippen LogP contribution >= 0.6 is 11.8 Å². The minimum absolute atomic E-state index is 0.882. The zero-order valence-electron chi connectivity index (χ0n) is 29.5.